The maximum absolute atomic E-state index is 14.2. The molecule has 3 aliphatic carbocycles. The number of ether oxygens (including phenoxy) is 1. The number of hydrogen-bond donors (Lipinski definition) is 6. The Labute approximate surface area is 278 Å². The van der Waals surface area contributed by atoms with Gasteiger partial charge in [-0.3, -0.25) is 29.1 Å². The number of β-amino-alcohol motifs (C(OH)–C–C–N with tert-alkyl or cyclic N) is 1. The number of aromatic hydroxyl groups is 1. The molecule has 48 heavy (non-hydrogen) atoms. The van der Waals surface area contributed by atoms with E-state index in [-0.39, 0.29) is 36.3 Å². The first kappa shape index (κ1) is 33.6. The average molecular weight is 663 g/mol. The van der Waals surface area contributed by atoms with Gasteiger partial charge in [-0.1, -0.05) is 12.1 Å². The molecule has 1 aliphatic heterocycles. The van der Waals surface area contributed by atoms with E-state index in [2.05, 4.69) is 9.80 Å². The molecule has 4 atom stereocenters. The number of carbonyl (C=O) groups is 3. The molecule has 1 amide bonds. The third-order valence-electron chi connectivity index (χ3n) is 10.5. The number of phenols is 1. The number of phenolic OH excluding ortho intramolecular Hbond substituents is 1. The van der Waals surface area contributed by atoms with Crippen molar-refractivity contribution in [1.82, 2.24) is 14.7 Å². The predicted octanol–water partition coefficient (Wildman–Crippen LogP) is 0.906. The molecule has 1 heterocycles. The third-order valence-corrected chi connectivity index (χ3v) is 10.5. The number of fused-ring (bicyclic) bond motifs is 3. The van der Waals surface area contributed by atoms with Gasteiger partial charge in [0.1, 0.15) is 28.6 Å². The van der Waals surface area contributed by atoms with Crippen molar-refractivity contribution >= 4 is 17.5 Å². The third kappa shape index (κ3) is 5.26. The molecule has 0 saturated carbocycles. The summed E-state index contributed by atoms with van der Waals surface area (Å²) in [4.78, 5) is 46.0. The summed E-state index contributed by atoms with van der Waals surface area (Å²) in [6, 6.07) is 7.86. The van der Waals surface area contributed by atoms with Crippen LogP contribution >= 0.6 is 0 Å². The van der Waals surface area contributed by atoms with Crippen LogP contribution < -0.4 is 10.5 Å². The predicted molar refractivity (Wildman–Crippen MR) is 174 cm³/mol. The van der Waals surface area contributed by atoms with Crippen LogP contribution in [0.2, 0.25) is 0 Å². The van der Waals surface area contributed by atoms with Crippen LogP contribution in [-0.4, -0.2) is 130 Å². The van der Waals surface area contributed by atoms with Crippen molar-refractivity contribution in [3.63, 3.8) is 0 Å². The number of nitrogens with zero attached hydrogens (tertiary/aromatic N) is 3. The lowest BCUT2D eigenvalue weighted by Crippen LogP contribution is -2.63. The monoisotopic (exact) mass is 662 g/mol. The highest BCUT2D eigenvalue weighted by Crippen LogP contribution is 2.53. The van der Waals surface area contributed by atoms with Gasteiger partial charge in [-0.15, -0.1) is 0 Å². The molecule has 6 rings (SSSR count). The quantitative estimate of drug-likeness (QED) is 0.219. The van der Waals surface area contributed by atoms with E-state index < -0.39 is 58.0 Å². The first-order chi connectivity index (χ1) is 22.8. The Kier molecular flexibility index (Phi) is 8.85. The van der Waals surface area contributed by atoms with Crippen LogP contribution in [0.3, 0.4) is 0 Å². The number of carbonyl (C=O) groups excluding carboxylic acids is 3. The topological polar surface area (TPSA) is 197 Å². The minimum atomic E-state index is -2.69. The van der Waals surface area contributed by atoms with Crippen LogP contribution in [0.1, 0.15) is 27.9 Å². The highest BCUT2D eigenvalue weighted by Gasteiger charge is 2.63. The molecule has 2 aromatic rings. The van der Waals surface area contributed by atoms with Crippen LogP contribution in [0.5, 0.6) is 11.5 Å². The Bertz CT molecular complexity index is 1740. The van der Waals surface area contributed by atoms with Gasteiger partial charge >= 0.3 is 0 Å². The van der Waals surface area contributed by atoms with Crippen molar-refractivity contribution < 1.29 is 44.7 Å². The summed E-state index contributed by atoms with van der Waals surface area (Å²) in [7, 11) is 4.80. The molecule has 7 N–H and O–H groups in total. The first-order valence-corrected chi connectivity index (χ1v) is 16.1. The maximum atomic E-state index is 14.2. The second-order valence-electron chi connectivity index (χ2n) is 13.3. The summed E-state index contributed by atoms with van der Waals surface area (Å²) >= 11 is 0. The number of nitrogens with two attached hydrogens (primary N) is 1. The zero-order chi connectivity index (χ0) is 34.7. The SMILES string of the molecule is COc1ccc(-c2ccc(O)c3c2C[C@@H]2C[C@@H]4[C@@H](N(C)C)C(O)=C(C(N)=O)C(=O)[C@@]4(O)C(O)=C2C3=O)cc1CN1CCN(CCO)CC1. The number of Topliss-reactive ketones (excluding diaryl/α,β-unsaturated/α-hetero) is 2. The van der Waals surface area contributed by atoms with Crippen LogP contribution in [0.25, 0.3) is 11.1 Å². The zero-order valence-electron chi connectivity index (χ0n) is 27.3. The van der Waals surface area contributed by atoms with E-state index in [9.17, 15) is 39.9 Å². The minimum Gasteiger partial charge on any atom is -0.510 e. The number of rotatable bonds is 8. The fourth-order valence-corrected chi connectivity index (χ4v) is 8.14. The Morgan fingerprint density at radius 2 is 1.75 bits per heavy atom. The highest BCUT2D eigenvalue weighted by atomic mass is 16.5. The van der Waals surface area contributed by atoms with E-state index in [0.717, 1.165) is 37.3 Å². The van der Waals surface area contributed by atoms with Crippen LogP contribution in [0.4, 0.5) is 0 Å². The summed E-state index contributed by atoms with van der Waals surface area (Å²) in [6.07, 6.45) is 0.198. The fraction of sp³-hybridized carbons (Fsp3) is 0.457. The number of allylic oxidation sites excluding steroid dienone is 1. The number of methoxy groups -OCH3 is 1. The molecule has 0 aromatic heterocycles. The molecule has 0 bridgehead atoms. The molecule has 13 heteroatoms. The van der Waals surface area contributed by atoms with Crippen molar-refractivity contribution in [2.45, 2.75) is 31.0 Å². The molecule has 0 unspecified atom stereocenters. The minimum absolute atomic E-state index is 0.0109. The van der Waals surface area contributed by atoms with E-state index >= 15 is 0 Å². The molecule has 1 fully saturated rings. The number of hydrogen-bond acceptors (Lipinski definition) is 12. The molecule has 0 spiro atoms. The van der Waals surface area contributed by atoms with Gasteiger partial charge in [-0.25, -0.2) is 0 Å². The lowest BCUT2D eigenvalue weighted by atomic mass is 9.58. The molecular weight excluding hydrogens is 620 g/mol. The number of piperazine rings is 1. The van der Waals surface area contributed by atoms with Gasteiger partial charge in [-0.05, 0) is 67.7 Å². The number of aliphatic hydroxyl groups is 4. The molecule has 256 valence electrons. The number of amides is 1. The van der Waals surface area contributed by atoms with Crippen molar-refractivity contribution in [2.75, 3.05) is 60.5 Å². The largest absolute Gasteiger partial charge is 0.510 e. The lowest BCUT2D eigenvalue weighted by molar-refractivity contribution is -0.148. The van der Waals surface area contributed by atoms with E-state index in [1.54, 1.807) is 27.3 Å². The average Bonchev–Trinajstić information content (AvgIpc) is 3.03. The number of aliphatic hydroxyl groups excluding tert-OH is 3. The van der Waals surface area contributed by atoms with Crippen molar-refractivity contribution in [2.24, 2.45) is 17.6 Å². The summed E-state index contributed by atoms with van der Waals surface area (Å²) in [6.45, 7) is 4.72. The van der Waals surface area contributed by atoms with Crippen molar-refractivity contribution in [1.29, 1.82) is 0 Å². The Morgan fingerprint density at radius 1 is 1.06 bits per heavy atom. The fourth-order valence-electron chi connectivity index (χ4n) is 8.14. The standard InChI is InChI=1S/C35H42N4O9/c1-37(2)29-23-16-19-15-22-21(18-4-7-25(48-3)20(14-18)17-39-10-8-38(9-11-39)12-13-40)5-6-24(41)27(22)30(42)26(19)32(44)35(23,47)33(45)28(31(29)43)34(36)46/h4-7,14,19,23,29,40-41,43-44,47H,8-13,15-17H2,1-3H3,(H2,36,46)/t19-,23-,29-,35+/m1/s1. The van der Waals surface area contributed by atoms with Crippen molar-refractivity contribution in [3.8, 4) is 22.6 Å². The van der Waals surface area contributed by atoms with Gasteiger partial charge in [-0.2, -0.15) is 0 Å². The molecule has 13 nitrogen and oxygen atoms in total. The Hall–Kier alpha value is -4.27. The van der Waals surface area contributed by atoms with Crippen LogP contribution in [0, 0.1) is 11.8 Å². The van der Waals surface area contributed by atoms with E-state index in [0.29, 0.717) is 30.0 Å². The van der Waals surface area contributed by atoms with Gasteiger partial charge in [0, 0.05) is 56.3 Å². The van der Waals surface area contributed by atoms with E-state index in [1.807, 2.05) is 18.2 Å². The normalized spacial score (nSPS) is 26.4. The summed E-state index contributed by atoms with van der Waals surface area (Å²) in [5.74, 6) is -6.13. The molecule has 4 aliphatic rings. The zero-order valence-corrected chi connectivity index (χ0v) is 27.3. The summed E-state index contributed by atoms with van der Waals surface area (Å²) < 4.78 is 5.69. The molecule has 2 aromatic carbocycles. The maximum Gasteiger partial charge on any atom is 0.255 e. The number of ketones is 2. The van der Waals surface area contributed by atoms with Gasteiger partial charge in [0.15, 0.2) is 11.4 Å². The van der Waals surface area contributed by atoms with Crippen LogP contribution in [0.15, 0.2) is 53.0 Å². The number of likely N-dealkylation sites (N-methyl/N-ethyl adjacent to an activating group) is 1. The Balaban J connectivity index is 1.41. The number of primary amides is 1. The van der Waals surface area contributed by atoms with Crippen LogP contribution in [-0.2, 0) is 22.6 Å². The molecular formula is C35H42N4O9. The lowest BCUT2D eigenvalue weighted by Gasteiger charge is -2.50. The van der Waals surface area contributed by atoms with Crippen molar-refractivity contribution in [3.05, 3.63) is 69.7 Å². The van der Waals surface area contributed by atoms with E-state index in [4.69, 9.17) is 10.5 Å². The second kappa shape index (κ2) is 12.6. The summed E-state index contributed by atoms with van der Waals surface area (Å²) in [5.41, 5.74) is 4.66. The summed E-state index contributed by atoms with van der Waals surface area (Å²) in [5, 5.41) is 54.7. The smallest absolute Gasteiger partial charge is 0.255 e. The van der Waals surface area contributed by atoms with Gasteiger partial charge in [0.05, 0.1) is 25.3 Å². The Morgan fingerprint density at radius 3 is 2.38 bits per heavy atom. The van der Waals surface area contributed by atoms with Gasteiger partial charge in [0.25, 0.3) is 5.91 Å². The van der Waals surface area contributed by atoms with Gasteiger partial charge in [0.2, 0.25) is 5.78 Å². The molecule has 0 radical (unpaired) electrons. The second-order valence-corrected chi connectivity index (χ2v) is 13.3. The van der Waals surface area contributed by atoms with E-state index in [1.165, 1.54) is 11.0 Å². The van der Waals surface area contributed by atoms with Gasteiger partial charge < -0.3 is 36.0 Å². The number of benzene rings is 2. The first-order valence-electron chi connectivity index (χ1n) is 16.1. The molecule has 1 saturated heterocycles. The highest BCUT2D eigenvalue weighted by molar-refractivity contribution is 6.24.